The number of ether oxygens (including phenoxy) is 1. The number of hydrogen-bond acceptors (Lipinski definition) is 3. The van der Waals surface area contributed by atoms with Crippen molar-refractivity contribution in [3.05, 3.63) is 70.8 Å². The molecule has 0 unspecified atom stereocenters. The molecule has 0 bridgehead atoms. The molecule has 1 N–H and O–H groups in total. The van der Waals surface area contributed by atoms with E-state index in [1.165, 1.54) is 5.56 Å². The van der Waals surface area contributed by atoms with E-state index in [4.69, 9.17) is 4.74 Å². The highest BCUT2D eigenvalue weighted by molar-refractivity contribution is 5.94. The van der Waals surface area contributed by atoms with Crippen LogP contribution in [0.15, 0.2) is 48.5 Å². The average Bonchev–Trinajstić information content (AvgIpc) is 2.61. The molecule has 0 spiro atoms. The molecule has 0 aliphatic heterocycles. The van der Waals surface area contributed by atoms with Gasteiger partial charge in [0.2, 0.25) is 0 Å². The van der Waals surface area contributed by atoms with Crippen LogP contribution < -0.4 is 5.32 Å². The van der Waals surface area contributed by atoms with Gasteiger partial charge in [-0.3, -0.25) is 9.59 Å². The highest BCUT2D eigenvalue weighted by Gasteiger charge is 2.21. The second-order valence-corrected chi connectivity index (χ2v) is 7.77. The lowest BCUT2D eigenvalue weighted by atomic mass is 9.86. The summed E-state index contributed by atoms with van der Waals surface area (Å²) in [5, 5.41) is 2.98. The molecule has 2 rings (SSSR count). The van der Waals surface area contributed by atoms with Crippen LogP contribution in [0, 0.1) is 6.92 Å². The van der Waals surface area contributed by atoms with E-state index in [9.17, 15) is 9.59 Å². The third-order valence-electron chi connectivity index (χ3n) is 4.47. The molecule has 0 radical (unpaired) electrons. The van der Waals surface area contributed by atoms with Crippen LogP contribution >= 0.6 is 0 Å². The van der Waals surface area contributed by atoms with E-state index in [-0.39, 0.29) is 23.7 Å². The van der Waals surface area contributed by atoms with Crippen molar-refractivity contribution in [1.29, 1.82) is 0 Å². The summed E-state index contributed by atoms with van der Waals surface area (Å²) in [5.41, 5.74) is 3.78. The Balaban J connectivity index is 2.19. The maximum atomic E-state index is 12.7. The molecule has 0 saturated heterocycles. The fourth-order valence-corrected chi connectivity index (χ4v) is 2.80. The lowest BCUT2D eigenvalue weighted by Gasteiger charge is -2.21. The van der Waals surface area contributed by atoms with Gasteiger partial charge in [0.25, 0.3) is 5.91 Å². The first-order valence-corrected chi connectivity index (χ1v) is 9.34. The quantitative estimate of drug-likeness (QED) is 0.752. The second kappa shape index (κ2) is 8.85. The van der Waals surface area contributed by atoms with Gasteiger partial charge in [-0.05, 0) is 42.5 Å². The lowest BCUT2D eigenvalue weighted by molar-refractivity contribution is -0.143. The predicted octanol–water partition coefficient (Wildman–Crippen LogP) is 4.72. The molecular formula is C23H29NO3. The third-order valence-corrected chi connectivity index (χ3v) is 4.47. The maximum Gasteiger partial charge on any atom is 0.308 e. The summed E-state index contributed by atoms with van der Waals surface area (Å²) in [6.45, 7) is 10.5. The summed E-state index contributed by atoms with van der Waals surface area (Å²) in [6, 6.07) is 15.0. The Kier molecular flexibility index (Phi) is 6.78. The number of carbonyl (C=O) groups excluding carboxylic acids is 2. The smallest absolute Gasteiger partial charge is 0.308 e. The fraction of sp³-hybridized carbons (Fsp3) is 0.391. The Morgan fingerprint density at radius 3 is 2.11 bits per heavy atom. The van der Waals surface area contributed by atoms with E-state index in [1.807, 2.05) is 55.5 Å². The standard InChI is InChI=1S/C23H29NO3/c1-6-27-21(25)15-20(17-9-7-16(2)8-10-17)24-22(26)18-11-13-19(14-12-18)23(3,4)5/h7-14,20H,6,15H2,1-5H3,(H,24,26)/t20-/m1/s1. The Bertz CT molecular complexity index is 771. The van der Waals surface area contributed by atoms with Crippen LogP contribution in [-0.4, -0.2) is 18.5 Å². The molecule has 4 nitrogen and oxygen atoms in total. The van der Waals surface area contributed by atoms with E-state index in [0.717, 1.165) is 11.1 Å². The molecule has 27 heavy (non-hydrogen) atoms. The van der Waals surface area contributed by atoms with Gasteiger partial charge in [0.15, 0.2) is 0 Å². The van der Waals surface area contributed by atoms with Crippen molar-refractivity contribution in [2.75, 3.05) is 6.61 Å². The van der Waals surface area contributed by atoms with Crippen LogP contribution in [-0.2, 0) is 14.9 Å². The molecular weight excluding hydrogens is 338 g/mol. The Morgan fingerprint density at radius 1 is 1.00 bits per heavy atom. The SMILES string of the molecule is CCOC(=O)C[C@@H](NC(=O)c1ccc(C(C)(C)C)cc1)c1ccc(C)cc1. The summed E-state index contributed by atoms with van der Waals surface area (Å²) >= 11 is 0. The van der Waals surface area contributed by atoms with Crippen LogP contribution in [0.4, 0.5) is 0 Å². The molecule has 0 aliphatic rings. The van der Waals surface area contributed by atoms with E-state index in [0.29, 0.717) is 12.2 Å². The van der Waals surface area contributed by atoms with Crippen LogP contribution in [0.1, 0.15) is 67.2 Å². The molecule has 0 saturated carbocycles. The molecule has 1 atom stereocenters. The van der Waals surface area contributed by atoms with Crippen molar-refractivity contribution >= 4 is 11.9 Å². The first-order chi connectivity index (χ1) is 12.7. The van der Waals surface area contributed by atoms with Gasteiger partial charge in [0.1, 0.15) is 0 Å². The molecule has 0 aliphatic carbocycles. The number of hydrogen-bond donors (Lipinski definition) is 1. The molecule has 144 valence electrons. The zero-order chi connectivity index (χ0) is 20.0. The fourth-order valence-electron chi connectivity index (χ4n) is 2.80. The van der Waals surface area contributed by atoms with E-state index in [1.54, 1.807) is 6.92 Å². The number of esters is 1. The largest absolute Gasteiger partial charge is 0.466 e. The van der Waals surface area contributed by atoms with Gasteiger partial charge in [-0.25, -0.2) is 0 Å². The molecule has 4 heteroatoms. The molecule has 0 aromatic heterocycles. The zero-order valence-electron chi connectivity index (χ0n) is 16.8. The predicted molar refractivity (Wildman–Crippen MR) is 108 cm³/mol. The minimum Gasteiger partial charge on any atom is -0.466 e. The van der Waals surface area contributed by atoms with Crippen molar-refractivity contribution in [2.24, 2.45) is 0 Å². The van der Waals surface area contributed by atoms with Crippen LogP contribution in [0.5, 0.6) is 0 Å². The Labute approximate surface area is 161 Å². The van der Waals surface area contributed by atoms with Crippen molar-refractivity contribution in [3.8, 4) is 0 Å². The molecule has 1 amide bonds. The van der Waals surface area contributed by atoms with Gasteiger partial charge in [-0.1, -0.05) is 62.7 Å². The topological polar surface area (TPSA) is 55.4 Å². The van der Waals surface area contributed by atoms with Gasteiger partial charge in [-0.2, -0.15) is 0 Å². The van der Waals surface area contributed by atoms with Crippen LogP contribution in [0.25, 0.3) is 0 Å². The third kappa shape index (κ3) is 5.95. The first-order valence-electron chi connectivity index (χ1n) is 9.34. The van der Waals surface area contributed by atoms with E-state index < -0.39 is 6.04 Å². The van der Waals surface area contributed by atoms with Gasteiger partial charge < -0.3 is 10.1 Å². The van der Waals surface area contributed by atoms with Crippen molar-refractivity contribution in [3.63, 3.8) is 0 Å². The van der Waals surface area contributed by atoms with Crippen molar-refractivity contribution < 1.29 is 14.3 Å². The normalized spacial score (nSPS) is 12.3. The minimum absolute atomic E-state index is 0.0311. The Morgan fingerprint density at radius 2 is 1.59 bits per heavy atom. The number of benzene rings is 2. The van der Waals surface area contributed by atoms with Crippen molar-refractivity contribution in [1.82, 2.24) is 5.32 Å². The van der Waals surface area contributed by atoms with Gasteiger partial charge >= 0.3 is 5.97 Å². The van der Waals surface area contributed by atoms with Gasteiger partial charge in [0, 0.05) is 5.56 Å². The summed E-state index contributed by atoms with van der Waals surface area (Å²) < 4.78 is 5.07. The Hall–Kier alpha value is -2.62. The average molecular weight is 367 g/mol. The van der Waals surface area contributed by atoms with Crippen LogP contribution in [0.2, 0.25) is 0 Å². The molecule has 0 fully saturated rings. The number of amides is 1. The van der Waals surface area contributed by atoms with Gasteiger partial charge in [-0.15, -0.1) is 0 Å². The molecule has 2 aromatic carbocycles. The number of rotatable bonds is 6. The highest BCUT2D eigenvalue weighted by Crippen LogP contribution is 2.23. The molecule has 2 aromatic rings. The summed E-state index contributed by atoms with van der Waals surface area (Å²) in [7, 11) is 0. The zero-order valence-corrected chi connectivity index (χ0v) is 16.8. The summed E-state index contributed by atoms with van der Waals surface area (Å²) in [6.07, 6.45) is 0.0999. The first kappa shape index (κ1) is 20.7. The second-order valence-electron chi connectivity index (χ2n) is 7.77. The van der Waals surface area contributed by atoms with Crippen LogP contribution in [0.3, 0.4) is 0 Å². The summed E-state index contributed by atoms with van der Waals surface area (Å²) in [4.78, 5) is 24.7. The minimum atomic E-state index is -0.431. The number of carbonyl (C=O) groups is 2. The van der Waals surface area contributed by atoms with E-state index >= 15 is 0 Å². The number of nitrogens with one attached hydrogen (secondary N) is 1. The van der Waals surface area contributed by atoms with Crippen molar-refractivity contribution in [2.45, 2.75) is 52.5 Å². The maximum absolute atomic E-state index is 12.7. The van der Waals surface area contributed by atoms with Gasteiger partial charge in [0.05, 0.1) is 19.1 Å². The monoisotopic (exact) mass is 367 g/mol. The molecule has 0 heterocycles. The lowest BCUT2D eigenvalue weighted by Crippen LogP contribution is -2.30. The summed E-state index contributed by atoms with van der Waals surface area (Å²) in [5.74, 6) is -0.531. The van der Waals surface area contributed by atoms with E-state index in [2.05, 4.69) is 26.1 Å². The number of aryl methyl sites for hydroxylation is 1. The highest BCUT2D eigenvalue weighted by atomic mass is 16.5.